The van der Waals surface area contributed by atoms with Crippen molar-refractivity contribution in [1.29, 1.82) is 0 Å². The van der Waals surface area contributed by atoms with E-state index in [0.29, 0.717) is 19.1 Å². The van der Waals surface area contributed by atoms with Gasteiger partial charge in [-0.2, -0.15) is 0 Å². The molecule has 5 heteroatoms. The van der Waals surface area contributed by atoms with Gasteiger partial charge >= 0.3 is 0 Å². The molecule has 0 radical (unpaired) electrons. The van der Waals surface area contributed by atoms with E-state index in [1.165, 1.54) is 0 Å². The molecule has 1 unspecified atom stereocenters. The second-order valence-electron chi connectivity index (χ2n) is 4.83. The summed E-state index contributed by atoms with van der Waals surface area (Å²) in [6.45, 7) is 4.14. The molecule has 3 N–H and O–H groups in total. The van der Waals surface area contributed by atoms with E-state index in [0.717, 1.165) is 24.3 Å². The Morgan fingerprint density at radius 1 is 1.56 bits per heavy atom. The number of guanidine groups is 1. The Hall–Kier alpha value is -1.91. The van der Waals surface area contributed by atoms with Crippen molar-refractivity contribution >= 4 is 5.96 Å². The molecule has 96 valence electrons. The van der Waals surface area contributed by atoms with Crippen molar-refractivity contribution in [2.45, 2.75) is 18.9 Å². The van der Waals surface area contributed by atoms with Crippen molar-refractivity contribution < 1.29 is 9.84 Å². The molecular weight excluding hydrogens is 230 g/mol. The number of hydrogen-bond donors (Lipinski definition) is 2. The number of nitrogens with zero attached hydrogens (tertiary/aromatic N) is 2. The fraction of sp³-hybridized carbons (Fsp3) is 0.462. The maximum Gasteiger partial charge on any atom is 0.192 e. The van der Waals surface area contributed by atoms with E-state index < -0.39 is 0 Å². The summed E-state index contributed by atoms with van der Waals surface area (Å²) < 4.78 is 5.71. The lowest BCUT2D eigenvalue weighted by atomic mass is 9.91. The Labute approximate surface area is 106 Å². The molecule has 0 aliphatic carbocycles. The average Bonchev–Trinajstić information content (AvgIpc) is 2.86. The van der Waals surface area contributed by atoms with Gasteiger partial charge in [-0.15, -0.1) is 0 Å². The smallest absolute Gasteiger partial charge is 0.192 e. The molecule has 18 heavy (non-hydrogen) atoms. The first kappa shape index (κ1) is 11.2. The molecule has 0 amide bonds. The van der Waals surface area contributed by atoms with Gasteiger partial charge in [0.1, 0.15) is 23.6 Å². The lowest BCUT2D eigenvalue weighted by Crippen LogP contribution is -2.50. The zero-order valence-corrected chi connectivity index (χ0v) is 10.4. The maximum absolute atomic E-state index is 9.50. The van der Waals surface area contributed by atoms with Gasteiger partial charge in [-0.3, -0.25) is 4.99 Å². The lowest BCUT2D eigenvalue weighted by molar-refractivity contribution is 0.151. The Balaban J connectivity index is 2.04. The van der Waals surface area contributed by atoms with Crippen LogP contribution in [0.2, 0.25) is 0 Å². The van der Waals surface area contributed by atoms with Crippen LogP contribution in [0, 0.1) is 0 Å². The third kappa shape index (κ3) is 1.36. The minimum absolute atomic E-state index is 0.222. The second-order valence-corrected chi connectivity index (χ2v) is 4.83. The SMILES string of the molecule is CCCN1C(N)=NCC12COc1cc(O)ccc12. The third-order valence-corrected chi connectivity index (χ3v) is 3.68. The van der Waals surface area contributed by atoms with Crippen molar-refractivity contribution in [3.05, 3.63) is 23.8 Å². The molecule has 3 rings (SSSR count). The summed E-state index contributed by atoms with van der Waals surface area (Å²) in [5.41, 5.74) is 6.77. The summed E-state index contributed by atoms with van der Waals surface area (Å²) >= 11 is 0. The zero-order chi connectivity index (χ0) is 12.8. The number of ether oxygens (including phenoxy) is 1. The Bertz CT molecular complexity index is 515. The normalized spacial score (nSPS) is 25.2. The van der Waals surface area contributed by atoms with E-state index in [1.54, 1.807) is 12.1 Å². The monoisotopic (exact) mass is 247 g/mol. The van der Waals surface area contributed by atoms with Gasteiger partial charge in [0.25, 0.3) is 0 Å². The number of aliphatic imine (C=N–C) groups is 1. The first-order valence-electron chi connectivity index (χ1n) is 6.21. The topological polar surface area (TPSA) is 71.1 Å². The summed E-state index contributed by atoms with van der Waals surface area (Å²) in [5, 5.41) is 9.50. The van der Waals surface area contributed by atoms with Gasteiger partial charge in [-0.05, 0) is 18.6 Å². The molecule has 0 bridgehead atoms. The second kappa shape index (κ2) is 3.80. The predicted octanol–water partition coefficient (Wildman–Crippen LogP) is 1.02. The van der Waals surface area contributed by atoms with Gasteiger partial charge in [0, 0.05) is 18.2 Å². The van der Waals surface area contributed by atoms with Gasteiger partial charge in [-0.1, -0.05) is 6.92 Å². The highest BCUT2D eigenvalue weighted by atomic mass is 16.5. The molecule has 0 aromatic heterocycles. The summed E-state index contributed by atoms with van der Waals surface area (Å²) in [5.74, 6) is 1.54. The number of hydrogen-bond acceptors (Lipinski definition) is 5. The van der Waals surface area contributed by atoms with Gasteiger partial charge in [0.2, 0.25) is 0 Å². The van der Waals surface area contributed by atoms with E-state index in [1.807, 2.05) is 6.07 Å². The van der Waals surface area contributed by atoms with Crippen LogP contribution >= 0.6 is 0 Å². The molecular formula is C13H17N3O2. The largest absolute Gasteiger partial charge is 0.508 e. The highest BCUT2D eigenvalue weighted by Gasteiger charge is 2.49. The van der Waals surface area contributed by atoms with Crippen molar-refractivity contribution in [1.82, 2.24) is 4.90 Å². The summed E-state index contributed by atoms with van der Waals surface area (Å²) in [6.07, 6.45) is 1.01. The van der Waals surface area contributed by atoms with Crippen molar-refractivity contribution in [3.8, 4) is 11.5 Å². The molecule has 2 heterocycles. The van der Waals surface area contributed by atoms with Gasteiger partial charge in [0.15, 0.2) is 5.96 Å². The highest BCUT2D eigenvalue weighted by Crippen LogP contribution is 2.44. The van der Waals surface area contributed by atoms with E-state index in [2.05, 4.69) is 16.8 Å². The first-order valence-corrected chi connectivity index (χ1v) is 6.21. The van der Waals surface area contributed by atoms with Crippen molar-refractivity contribution in [2.75, 3.05) is 19.7 Å². The fourth-order valence-corrected chi connectivity index (χ4v) is 2.80. The van der Waals surface area contributed by atoms with Crippen LogP contribution < -0.4 is 10.5 Å². The third-order valence-electron chi connectivity index (χ3n) is 3.68. The van der Waals surface area contributed by atoms with Crippen LogP contribution in [0.1, 0.15) is 18.9 Å². The van der Waals surface area contributed by atoms with Crippen LogP contribution in [-0.4, -0.2) is 35.7 Å². The summed E-state index contributed by atoms with van der Waals surface area (Å²) in [4.78, 5) is 6.49. The molecule has 1 atom stereocenters. The number of aromatic hydroxyl groups is 1. The van der Waals surface area contributed by atoms with E-state index in [-0.39, 0.29) is 11.3 Å². The molecule has 2 aliphatic rings. The molecule has 5 nitrogen and oxygen atoms in total. The van der Waals surface area contributed by atoms with Crippen LogP contribution in [0.5, 0.6) is 11.5 Å². The zero-order valence-electron chi connectivity index (χ0n) is 10.4. The van der Waals surface area contributed by atoms with Crippen LogP contribution in [0.3, 0.4) is 0 Å². The number of phenolic OH excluding ortho intramolecular Hbond substituents is 1. The summed E-state index contributed by atoms with van der Waals surface area (Å²) in [6, 6.07) is 5.26. The Kier molecular flexibility index (Phi) is 2.36. The molecule has 0 fully saturated rings. The minimum atomic E-state index is -0.275. The minimum Gasteiger partial charge on any atom is -0.508 e. The van der Waals surface area contributed by atoms with E-state index in [9.17, 15) is 5.11 Å². The van der Waals surface area contributed by atoms with Gasteiger partial charge < -0.3 is 20.5 Å². The molecule has 2 aliphatic heterocycles. The number of benzene rings is 1. The van der Waals surface area contributed by atoms with Gasteiger partial charge in [-0.25, -0.2) is 0 Å². The molecule has 0 saturated carbocycles. The molecule has 0 saturated heterocycles. The standard InChI is InChI=1S/C13H17N3O2/c1-2-5-16-12(14)15-7-13(16)8-18-11-6-9(17)3-4-10(11)13/h3-4,6,17H,2,5,7-8H2,1H3,(H2,14,15). The number of phenols is 1. The van der Waals surface area contributed by atoms with Crippen LogP contribution in [-0.2, 0) is 5.54 Å². The molecule has 1 aromatic carbocycles. The first-order chi connectivity index (χ1) is 8.67. The quantitative estimate of drug-likeness (QED) is 0.818. The molecule has 1 aromatic rings. The molecule has 1 spiro atoms. The van der Waals surface area contributed by atoms with Gasteiger partial charge in [0.05, 0.1) is 6.54 Å². The lowest BCUT2D eigenvalue weighted by Gasteiger charge is -2.34. The van der Waals surface area contributed by atoms with Crippen molar-refractivity contribution in [2.24, 2.45) is 10.7 Å². The number of rotatable bonds is 2. The average molecular weight is 247 g/mol. The number of fused-ring (bicyclic) bond motifs is 2. The van der Waals surface area contributed by atoms with Crippen molar-refractivity contribution in [3.63, 3.8) is 0 Å². The van der Waals surface area contributed by atoms with Crippen LogP contribution in [0.4, 0.5) is 0 Å². The van der Waals surface area contributed by atoms with E-state index in [4.69, 9.17) is 10.5 Å². The maximum atomic E-state index is 9.50. The summed E-state index contributed by atoms with van der Waals surface area (Å²) in [7, 11) is 0. The Morgan fingerprint density at radius 2 is 2.39 bits per heavy atom. The predicted molar refractivity (Wildman–Crippen MR) is 68.8 cm³/mol. The van der Waals surface area contributed by atoms with E-state index >= 15 is 0 Å². The highest BCUT2D eigenvalue weighted by molar-refractivity contribution is 5.82. The van der Waals surface area contributed by atoms with Crippen LogP contribution in [0.15, 0.2) is 23.2 Å². The van der Waals surface area contributed by atoms with Crippen LogP contribution in [0.25, 0.3) is 0 Å². The fourth-order valence-electron chi connectivity index (χ4n) is 2.80. The number of nitrogens with two attached hydrogens (primary N) is 1. The Morgan fingerprint density at radius 3 is 3.17 bits per heavy atom.